The molecule has 164 valence electrons. The predicted octanol–water partition coefficient (Wildman–Crippen LogP) is 1.89. The van der Waals surface area contributed by atoms with E-state index in [0.29, 0.717) is 24.6 Å². The van der Waals surface area contributed by atoms with Crippen LogP contribution in [0.3, 0.4) is 0 Å². The van der Waals surface area contributed by atoms with Crippen LogP contribution in [-0.2, 0) is 17.8 Å². The number of piperazine rings is 1. The van der Waals surface area contributed by atoms with Gasteiger partial charge in [0.15, 0.2) is 5.82 Å². The van der Waals surface area contributed by atoms with Crippen molar-refractivity contribution in [2.75, 3.05) is 50.1 Å². The summed E-state index contributed by atoms with van der Waals surface area (Å²) in [4.78, 5) is 40.8. The van der Waals surface area contributed by atoms with E-state index in [-0.39, 0.29) is 17.9 Å². The average molecular weight is 427 g/mol. The summed E-state index contributed by atoms with van der Waals surface area (Å²) in [6.45, 7) is 6.23. The molecule has 2 aromatic rings. The molecule has 0 saturated carbocycles. The predicted molar refractivity (Wildman–Crippen MR) is 115 cm³/mol. The quantitative estimate of drug-likeness (QED) is 0.694. The normalized spacial score (nSPS) is 16.1. The number of nitroso groups, excluding NO2 is 1. The smallest absolute Gasteiger partial charge is 0.435 e. The van der Waals surface area contributed by atoms with Crippen LogP contribution in [0.4, 0.5) is 22.0 Å². The van der Waals surface area contributed by atoms with Crippen LogP contribution < -0.4 is 15.5 Å². The van der Waals surface area contributed by atoms with Crippen molar-refractivity contribution < 1.29 is 14.3 Å². The highest BCUT2D eigenvalue weighted by Crippen LogP contribution is 2.31. The van der Waals surface area contributed by atoms with Crippen molar-refractivity contribution in [1.29, 1.82) is 0 Å². The van der Waals surface area contributed by atoms with Crippen LogP contribution in [-0.4, -0.2) is 66.5 Å². The van der Waals surface area contributed by atoms with Crippen LogP contribution in [0.2, 0.25) is 0 Å². The zero-order chi connectivity index (χ0) is 22.0. The van der Waals surface area contributed by atoms with Gasteiger partial charge in [-0.25, -0.2) is 4.79 Å². The molecule has 0 spiro atoms. The summed E-state index contributed by atoms with van der Waals surface area (Å²) in [6, 6.07) is 4.90. The highest BCUT2D eigenvalue weighted by atomic mass is 16.6. The molecule has 1 aromatic carbocycles. The lowest BCUT2D eigenvalue weighted by Crippen LogP contribution is -2.44. The fourth-order valence-corrected chi connectivity index (χ4v) is 3.83. The minimum Gasteiger partial charge on any atom is -0.448 e. The van der Waals surface area contributed by atoms with Crippen molar-refractivity contribution in [3.8, 4) is 0 Å². The molecule has 31 heavy (non-hydrogen) atoms. The van der Waals surface area contributed by atoms with Gasteiger partial charge in [-0.3, -0.25) is 4.79 Å². The zero-order valence-corrected chi connectivity index (χ0v) is 17.6. The molecule has 0 radical (unpaired) electrons. The molecular weight excluding hydrogens is 402 g/mol. The van der Waals surface area contributed by atoms with Crippen molar-refractivity contribution in [3.05, 3.63) is 39.9 Å². The van der Waals surface area contributed by atoms with Gasteiger partial charge in [0.25, 0.3) is 5.91 Å². The fraction of sp³-hybridized carbons (Fsp3) is 0.450. The van der Waals surface area contributed by atoms with Gasteiger partial charge in [0, 0.05) is 50.4 Å². The Kier molecular flexibility index (Phi) is 5.96. The van der Waals surface area contributed by atoms with E-state index >= 15 is 0 Å². The lowest BCUT2D eigenvalue weighted by Gasteiger charge is -2.34. The Labute approximate surface area is 179 Å². The lowest BCUT2D eigenvalue weighted by molar-refractivity contribution is 0.102. The Morgan fingerprint density at radius 1 is 1.23 bits per heavy atom. The SMILES string of the molecule is CCOC(=O)n1nc(NC(=O)c2ccc(N3CCN(C)CC3)c(N=O)c2)c2c1CNC2. The molecule has 0 aliphatic carbocycles. The Morgan fingerprint density at radius 2 is 2.00 bits per heavy atom. The maximum absolute atomic E-state index is 12.9. The van der Waals surface area contributed by atoms with E-state index in [1.807, 2.05) is 0 Å². The molecule has 1 saturated heterocycles. The first kappa shape index (κ1) is 20.9. The third kappa shape index (κ3) is 4.14. The molecule has 2 aliphatic heterocycles. The van der Waals surface area contributed by atoms with Crippen molar-refractivity contribution in [3.63, 3.8) is 0 Å². The van der Waals surface area contributed by atoms with E-state index in [0.717, 1.165) is 37.4 Å². The summed E-state index contributed by atoms with van der Waals surface area (Å²) < 4.78 is 6.20. The van der Waals surface area contributed by atoms with E-state index in [1.165, 1.54) is 10.7 Å². The number of ether oxygens (including phenoxy) is 1. The van der Waals surface area contributed by atoms with Crippen molar-refractivity contribution in [1.82, 2.24) is 20.0 Å². The van der Waals surface area contributed by atoms with Crippen LogP contribution in [0.15, 0.2) is 23.4 Å². The second-order valence-electron chi connectivity index (χ2n) is 7.53. The van der Waals surface area contributed by atoms with Gasteiger partial charge in [0.05, 0.1) is 18.0 Å². The Bertz CT molecular complexity index is 1010. The number of carbonyl (C=O) groups excluding carboxylic acids is 2. The number of hydrogen-bond acceptors (Lipinski definition) is 9. The third-order valence-electron chi connectivity index (χ3n) is 5.54. The van der Waals surface area contributed by atoms with Gasteiger partial charge in [-0.1, -0.05) is 0 Å². The topological polar surface area (TPSA) is 121 Å². The van der Waals surface area contributed by atoms with Gasteiger partial charge in [-0.2, -0.15) is 4.68 Å². The number of nitrogens with zero attached hydrogens (tertiary/aromatic N) is 5. The molecule has 11 nitrogen and oxygen atoms in total. The van der Waals surface area contributed by atoms with E-state index < -0.39 is 12.0 Å². The number of carbonyl (C=O) groups is 2. The van der Waals surface area contributed by atoms with Crippen LogP contribution in [0.5, 0.6) is 0 Å². The maximum Gasteiger partial charge on any atom is 0.435 e. The van der Waals surface area contributed by atoms with Crippen LogP contribution in [0, 0.1) is 4.91 Å². The minimum atomic E-state index is -0.591. The molecule has 2 aliphatic rings. The number of rotatable bonds is 5. The molecule has 1 amide bonds. The number of likely N-dealkylation sites (N-methyl/N-ethyl adjacent to an activating group) is 1. The van der Waals surface area contributed by atoms with E-state index in [2.05, 4.69) is 37.8 Å². The maximum atomic E-state index is 12.9. The number of fused-ring (bicyclic) bond motifs is 1. The first-order valence-electron chi connectivity index (χ1n) is 10.2. The highest BCUT2D eigenvalue weighted by molar-refractivity contribution is 6.05. The first-order chi connectivity index (χ1) is 15.0. The summed E-state index contributed by atoms with van der Waals surface area (Å²) in [7, 11) is 2.05. The summed E-state index contributed by atoms with van der Waals surface area (Å²) >= 11 is 0. The minimum absolute atomic E-state index is 0.223. The second kappa shape index (κ2) is 8.82. The van der Waals surface area contributed by atoms with Gasteiger partial charge in [-0.05, 0) is 37.3 Å². The lowest BCUT2D eigenvalue weighted by atomic mass is 10.1. The Balaban J connectivity index is 1.55. The summed E-state index contributed by atoms with van der Waals surface area (Å²) in [6.07, 6.45) is -0.591. The zero-order valence-electron chi connectivity index (χ0n) is 17.6. The number of amides is 1. The number of aromatic nitrogens is 2. The van der Waals surface area contributed by atoms with E-state index in [9.17, 15) is 14.5 Å². The second-order valence-corrected chi connectivity index (χ2v) is 7.53. The first-order valence-corrected chi connectivity index (χ1v) is 10.2. The van der Waals surface area contributed by atoms with E-state index in [4.69, 9.17) is 4.74 Å². The largest absolute Gasteiger partial charge is 0.448 e. The molecule has 0 atom stereocenters. The summed E-state index contributed by atoms with van der Waals surface area (Å²) in [5.41, 5.74) is 2.63. The molecule has 0 unspecified atom stereocenters. The molecule has 0 bridgehead atoms. The highest BCUT2D eigenvalue weighted by Gasteiger charge is 2.27. The summed E-state index contributed by atoms with van der Waals surface area (Å²) in [5.74, 6) is -0.139. The van der Waals surface area contributed by atoms with Gasteiger partial charge in [-0.15, -0.1) is 10.0 Å². The monoisotopic (exact) mass is 427 g/mol. The molecule has 1 fully saturated rings. The fourth-order valence-electron chi connectivity index (χ4n) is 3.83. The van der Waals surface area contributed by atoms with Gasteiger partial charge in [0.2, 0.25) is 0 Å². The number of hydrogen-bond donors (Lipinski definition) is 2. The Hall–Kier alpha value is -3.31. The molecular formula is C20H25N7O4. The number of nitrogens with one attached hydrogen (secondary N) is 2. The number of benzene rings is 1. The standard InChI is InChI=1S/C20H25N7O4/c1-3-31-20(29)27-17-12-21-11-14(17)18(23-27)22-19(28)13-4-5-16(15(10-13)24-30)26-8-6-25(2)7-9-26/h4-5,10,21H,3,6-9,11-12H2,1-2H3,(H,22,23,28). The van der Waals surface area contributed by atoms with Gasteiger partial charge in [0.1, 0.15) is 5.69 Å². The van der Waals surface area contributed by atoms with Crippen LogP contribution in [0.25, 0.3) is 0 Å². The third-order valence-corrected chi connectivity index (χ3v) is 5.54. The van der Waals surface area contributed by atoms with E-state index in [1.54, 1.807) is 19.1 Å². The van der Waals surface area contributed by atoms with Crippen LogP contribution >= 0.6 is 0 Å². The van der Waals surface area contributed by atoms with Gasteiger partial charge < -0.3 is 25.2 Å². The van der Waals surface area contributed by atoms with Crippen molar-refractivity contribution >= 4 is 29.2 Å². The molecule has 11 heteroatoms. The average Bonchev–Trinajstić information content (AvgIpc) is 3.38. The Morgan fingerprint density at radius 3 is 2.71 bits per heavy atom. The van der Waals surface area contributed by atoms with Crippen LogP contribution in [0.1, 0.15) is 28.5 Å². The molecule has 4 rings (SSSR count). The molecule has 1 aromatic heterocycles. The molecule has 3 heterocycles. The van der Waals surface area contributed by atoms with Crippen molar-refractivity contribution in [2.45, 2.75) is 20.0 Å². The van der Waals surface area contributed by atoms with Crippen molar-refractivity contribution in [2.24, 2.45) is 5.18 Å². The summed E-state index contributed by atoms with van der Waals surface area (Å²) in [5, 5.41) is 13.3. The van der Waals surface area contributed by atoms with Gasteiger partial charge >= 0.3 is 6.09 Å². The number of anilines is 2. The molecule has 2 N–H and O–H groups in total.